The summed E-state index contributed by atoms with van der Waals surface area (Å²) in [5.41, 5.74) is 3.08. The predicted octanol–water partition coefficient (Wildman–Crippen LogP) is 3.54. The molecule has 2 rings (SSSR count). The minimum Gasteiger partial charge on any atom is -0.289 e. The first-order chi connectivity index (χ1) is 7.33. The van der Waals surface area contributed by atoms with Gasteiger partial charge in [-0.2, -0.15) is 0 Å². The zero-order valence-electron chi connectivity index (χ0n) is 9.12. The third kappa shape index (κ3) is 2.01. The van der Waals surface area contributed by atoms with Crippen molar-refractivity contribution in [3.8, 4) is 0 Å². The Labute approximate surface area is 90.8 Å². The summed E-state index contributed by atoms with van der Waals surface area (Å²) in [6.07, 6.45) is 6.34. The van der Waals surface area contributed by atoms with Gasteiger partial charge in [0, 0.05) is 17.6 Å². The van der Waals surface area contributed by atoms with Gasteiger partial charge in [0.05, 0.1) is 0 Å². The van der Waals surface area contributed by atoms with Crippen LogP contribution in [0.25, 0.3) is 0 Å². The number of Topliss-reactive ketones (excluding diaryl/α,β-unsaturated/α-hetero) is 1. The summed E-state index contributed by atoms with van der Waals surface area (Å²) in [6, 6.07) is 7.92. The Morgan fingerprint density at radius 3 is 2.87 bits per heavy atom. The normalized spacial score (nSPS) is 17.1. The number of rotatable bonds is 3. The molecule has 0 fully saturated rings. The average Bonchev–Trinajstić information content (AvgIpc) is 2.57. The summed E-state index contributed by atoms with van der Waals surface area (Å²) in [4.78, 5) is 11.9. The van der Waals surface area contributed by atoms with E-state index in [1.165, 1.54) is 18.4 Å². The van der Waals surface area contributed by atoms with Crippen molar-refractivity contribution in [3.05, 3.63) is 47.0 Å². The minimum absolute atomic E-state index is 0.238. The Morgan fingerprint density at radius 2 is 2.13 bits per heavy atom. The quantitative estimate of drug-likeness (QED) is 0.538. The number of hydrogen-bond acceptors (Lipinski definition) is 1. The second kappa shape index (κ2) is 4.43. The molecule has 1 aliphatic rings. The molecule has 0 bridgehead atoms. The largest absolute Gasteiger partial charge is 0.289 e. The van der Waals surface area contributed by atoms with E-state index in [4.69, 9.17) is 0 Å². The monoisotopic (exact) mass is 200 g/mol. The molecule has 0 spiro atoms. The smallest absolute Gasteiger partial charge is 0.189 e. The van der Waals surface area contributed by atoms with Gasteiger partial charge in [0.15, 0.2) is 5.78 Å². The van der Waals surface area contributed by atoms with Gasteiger partial charge in [-0.15, -0.1) is 0 Å². The van der Waals surface area contributed by atoms with Crippen LogP contribution in [-0.4, -0.2) is 5.78 Å². The van der Waals surface area contributed by atoms with E-state index in [1.807, 2.05) is 24.3 Å². The van der Waals surface area contributed by atoms with Crippen molar-refractivity contribution in [2.24, 2.45) is 0 Å². The maximum absolute atomic E-state index is 11.9. The zero-order chi connectivity index (χ0) is 10.7. The van der Waals surface area contributed by atoms with Gasteiger partial charge >= 0.3 is 0 Å². The Kier molecular flexibility index (Phi) is 3.00. The molecule has 1 heteroatoms. The van der Waals surface area contributed by atoms with Crippen molar-refractivity contribution in [2.75, 3.05) is 0 Å². The molecule has 0 heterocycles. The number of benzene rings is 1. The summed E-state index contributed by atoms with van der Waals surface area (Å²) in [5.74, 6) is 0.238. The van der Waals surface area contributed by atoms with Gasteiger partial charge in [-0.1, -0.05) is 50.1 Å². The van der Waals surface area contributed by atoms with Crippen molar-refractivity contribution in [2.45, 2.75) is 32.6 Å². The van der Waals surface area contributed by atoms with Gasteiger partial charge in [-0.25, -0.2) is 0 Å². The van der Waals surface area contributed by atoms with E-state index >= 15 is 0 Å². The highest BCUT2D eigenvalue weighted by Crippen LogP contribution is 2.26. The number of carbonyl (C=O) groups excluding carboxylic acids is 1. The van der Waals surface area contributed by atoms with E-state index in [2.05, 4.69) is 13.0 Å². The highest BCUT2D eigenvalue weighted by Gasteiger charge is 2.23. The standard InChI is InChI=1S/C14H16O/c1-2-3-4-8-12-10-11-7-5-6-9-13(11)14(12)15/h5-9H,2-4,10H2,1H3. The SMILES string of the molecule is CCCCC=C1Cc2ccccc2C1=O. The van der Waals surface area contributed by atoms with E-state index in [0.717, 1.165) is 24.0 Å². The first-order valence-corrected chi connectivity index (χ1v) is 5.64. The van der Waals surface area contributed by atoms with Gasteiger partial charge in [0.1, 0.15) is 0 Å². The molecule has 0 amide bonds. The third-order valence-electron chi connectivity index (χ3n) is 2.88. The van der Waals surface area contributed by atoms with Crippen molar-refractivity contribution < 1.29 is 4.79 Å². The van der Waals surface area contributed by atoms with Gasteiger partial charge in [-0.3, -0.25) is 4.79 Å². The van der Waals surface area contributed by atoms with E-state index in [0.29, 0.717) is 0 Å². The van der Waals surface area contributed by atoms with E-state index < -0.39 is 0 Å². The van der Waals surface area contributed by atoms with Crippen molar-refractivity contribution >= 4 is 5.78 Å². The number of carbonyl (C=O) groups is 1. The topological polar surface area (TPSA) is 17.1 Å². The Morgan fingerprint density at radius 1 is 1.33 bits per heavy atom. The summed E-state index contributed by atoms with van der Waals surface area (Å²) in [5, 5.41) is 0. The van der Waals surface area contributed by atoms with Crippen LogP contribution >= 0.6 is 0 Å². The van der Waals surface area contributed by atoms with Crippen LogP contribution in [-0.2, 0) is 6.42 Å². The number of ketones is 1. The zero-order valence-corrected chi connectivity index (χ0v) is 9.12. The molecule has 0 unspecified atom stereocenters. The molecule has 0 saturated carbocycles. The second-order valence-electron chi connectivity index (χ2n) is 4.03. The lowest BCUT2D eigenvalue weighted by Gasteiger charge is -1.94. The maximum atomic E-state index is 11.9. The van der Waals surface area contributed by atoms with Gasteiger partial charge in [0.2, 0.25) is 0 Å². The lowest BCUT2D eigenvalue weighted by molar-refractivity contribution is 0.103. The fourth-order valence-electron chi connectivity index (χ4n) is 2.00. The molecule has 0 atom stereocenters. The Hall–Kier alpha value is -1.37. The highest BCUT2D eigenvalue weighted by atomic mass is 16.1. The fourth-order valence-corrected chi connectivity index (χ4v) is 2.00. The van der Waals surface area contributed by atoms with Gasteiger partial charge in [-0.05, 0) is 12.0 Å². The molecule has 0 saturated heterocycles. The number of hydrogen-bond donors (Lipinski definition) is 0. The fraction of sp³-hybridized carbons (Fsp3) is 0.357. The van der Waals surface area contributed by atoms with E-state index in [1.54, 1.807) is 0 Å². The van der Waals surface area contributed by atoms with Crippen molar-refractivity contribution in [3.63, 3.8) is 0 Å². The molecule has 0 aromatic heterocycles. The Bertz CT molecular complexity index is 402. The lowest BCUT2D eigenvalue weighted by atomic mass is 10.1. The molecule has 1 aromatic carbocycles. The molecule has 0 aliphatic heterocycles. The predicted molar refractivity (Wildman–Crippen MR) is 62.1 cm³/mol. The van der Waals surface area contributed by atoms with Crippen LogP contribution in [0.4, 0.5) is 0 Å². The molecular weight excluding hydrogens is 184 g/mol. The van der Waals surface area contributed by atoms with E-state index in [-0.39, 0.29) is 5.78 Å². The van der Waals surface area contributed by atoms with Crippen LogP contribution in [0.5, 0.6) is 0 Å². The lowest BCUT2D eigenvalue weighted by Crippen LogP contribution is -1.94. The van der Waals surface area contributed by atoms with Gasteiger partial charge in [0.25, 0.3) is 0 Å². The minimum atomic E-state index is 0.238. The number of fused-ring (bicyclic) bond motifs is 1. The molecule has 1 nitrogen and oxygen atoms in total. The van der Waals surface area contributed by atoms with Gasteiger partial charge < -0.3 is 0 Å². The van der Waals surface area contributed by atoms with Crippen LogP contribution in [0.3, 0.4) is 0 Å². The van der Waals surface area contributed by atoms with Crippen LogP contribution in [0, 0.1) is 0 Å². The summed E-state index contributed by atoms with van der Waals surface area (Å²) >= 11 is 0. The number of unbranched alkanes of at least 4 members (excludes halogenated alkanes) is 2. The summed E-state index contributed by atoms with van der Waals surface area (Å²) in [6.45, 7) is 2.17. The van der Waals surface area contributed by atoms with Crippen LogP contribution in [0.1, 0.15) is 42.1 Å². The molecular formula is C14H16O. The highest BCUT2D eigenvalue weighted by molar-refractivity contribution is 6.13. The second-order valence-corrected chi connectivity index (χ2v) is 4.03. The molecule has 78 valence electrons. The molecule has 0 N–H and O–H groups in total. The molecule has 1 aliphatic carbocycles. The molecule has 1 aromatic rings. The summed E-state index contributed by atoms with van der Waals surface area (Å²) in [7, 11) is 0. The van der Waals surface area contributed by atoms with Crippen LogP contribution in [0.15, 0.2) is 35.9 Å². The van der Waals surface area contributed by atoms with Crippen molar-refractivity contribution in [1.29, 1.82) is 0 Å². The summed E-state index contributed by atoms with van der Waals surface area (Å²) < 4.78 is 0. The van der Waals surface area contributed by atoms with Crippen molar-refractivity contribution in [1.82, 2.24) is 0 Å². The molecule has 0 radical (unpaired) electrons. The van der Waals surface area contributed by atoms with Crippen LogP contribution in [0.2, 0.25) is 0 Å². The first-order valence-electron chi connectivity index (χ1n) is 5.64. The third-order valence-corrected chi connectivity index (χ3v) is 2.88. The maximum Gasteiger partial charge on any atom is 0.189 e. The van der Waals surface area contributed by atoms with E-state index in [9.17, 15) is 4.79 Å². The molecule has 15 heavy (non-hydrogen) atoms. The Balaban J connectivity index is 2.16. The first kappa shape index (κ1) is 10.2. The number of allylic oxidation sites excluding steroid dienone is 2. The van der Waals surface area contributed by atoms with Crippen LogP contribution < -0.4 is 0 Å². The average molecular weight is 200 g/mol.